The zero-order valence-corrected chi connectivity index (χ0v) is 8.42. The van der Waals surface area contributed by atoms with E-state index in [1.54, 1.807) is 18.2 Å². The Hall–Kier alpha value is -0.860. The van der Waals surface area contributed by atoms with Crippen molar-refractivity contribution in [3.05, 3.63) is 34.3 Å². The number of rotatable bonds is 2. The van der Waals surface area contributed by atoms with Gasteiger partial charge in [0.1, 0.15) is 6.29 Å². The van der Waals surface area contributed by atoms with Crippen LogP contribution < -0.4 is 0 Å². The number of hydrogen-bond donors (Lipinski definition) is 1. The Labute approximate surface area is 87.5 Å². The van der Waals surface area contributed by atoms with Gasteiger partial charge in [-0.05, 0) is 25.3 Å². The van der Waals surface area contributed by atoms with Gasteiger partial charge >= 0.3 is 0 Å². The molecule has 2 rings (SSSR count). The highest BCUT2D eigenvalue weighted by atomic mass is 35.5. The maximum atomic E-state index is 10.5. The Morgan fingerprint density at radius 1 is 1.43 bits per heavy atom. The fourth-order valence-electron chi connectivity index (χ4n) is 1.76. The third-order valence-electron chi connectivity index (χ3n) is 2.81. The number of carbonyl (C=O) groups excluding carboxylic acids is 1. The first kappa shape index (κ1) is 9.69. The maximum absolute atomic E-state index is 10.5. The van der Waals surface area contributed by atoms with E-state index in [2.05, 4.69) is 0 Å². The van der Waals surface area contributed by atoms with Gasteiger partial charge < -0.3 is 5.11 Å². The van der Waals surface area contributed by atoms with Gasteiger partial charge in [0.25, 0.3) is 0 Å². The van der Waals surface area contributed by atoms with Gasteiger partial charge in [-0.15, -0.1) is 0 Å². The Bertz CT molecular complexity index is 370. The lowest BCUT2D eigenvalue weighted by atomic mass is 9.75. The first-order valence-electron chi connectivity index (χ1n) is 4.63. The molecule has 0 aliphatic heterocycles. The third-order valence-corrected chi connectivity index (χ3v) is 3.12. The smallest absolute Gasteiger partial charge is 0.150 e. The molecule has 1 saturated carbocycles. The van der Waals surface area contributed by atoms with Gasteiger partial charge in [-0.1, -0.05) is 23.7 Å². The molecule has 1 aromatic rings. The second kappa shape index (κ2) is 3.37. The number of hydrogen-bond acceptors (Lipinski definition) is 2. The summed E-state index contributed by atoms with van der Waals surface area (Å²) in [5.41, 5.74) is 0.538. The predicted molar refractivity (Wildman–Crippen MR) is 54.6 cm³/mol. The zero-order chi connectivity index (χ0) is 10.2. The van der Waals surface area contributed by atoms with E-state index in [4.69, 9.17) is 11.6 Å². The molecule has 0 bridgehead atoms. The number of halogens is 1. The topological polar surface area (TPSA) is 37.3 Å². The Balaban J connectivity index is 2.39. The first-order valence-corrected chi connectivity index (χ1v) is 5.01. The van der Waals surface area contributed by atoms with Crippen molar-refractivity contribution < 1.29 is 9.90 Å². The molecule has 1 aliphatic carbocycles. The summed E-state index contributed by atoms with van der Waals surface area (Å²) in [6, 6.07) is 5.02. The lowest BCUT2D eigenvalue weighted by Crippen LogP contribution is -2.33. The van der Waals surface area contributed by atoms with Crippen LogP contribution in [0, 0.1) is 0 Å². The number of benzene rings is 1. The second-order valence-electron chi connectivity index (χ2n) is 3.74. The van der Waals surface area contributed by atoms with Gasteiger partial charge in [0.2, 0.25) is 0 Å². The average molecular weight is 211 g/mol. The first-order chi connectivity index (χ1) is 6.65. The van der Waals surface area contributed by atoms with Gasteiger partial charge in [0, 0.05) is 16.1 Å². The summed E-state index contributed by atoms with van der Waals surface area (Å²) in [7, 11) is 0. The summed E-state index contributed by atoms with van der Waals surface area (Å²) in [4.78, 5) is 10.5. The van der Waals surface area contributed by atoms with Gasteiger partial charge in [-0.2, -0.15) is 0 Å². The highest BCUT2D eigenvalue weighted by molar-refractivity contribution is 6.31. The summed E-state index contributed by atoms with van der Waals surface area (Å²) < 4.78 is 0. The van der Waals surface area contributed by atoms with Crippen LogP contribution in [0.5, 0.6) is 0 Å². The number of carbonyl (C=O) groups is 1. The molecule has 0 atom stereocenters. The quantitative estimate of drug-likeness (QED) is 0.762. The van der Waals surface area contributed by atoms with Crippen molar-refractivity contribution in [1.29, 1.82) is 0 Å². The van der Waals surface area contributed by atoms with E-state index < -0.39 is 5.60 Å². The molecule has 2 nitrogen and oxygen atoms in total. The summed E-state index contributed by atoms with van der Waals surface area (Å²) >= 11 is 5.99. The molecule has 1 aliphatic rings. The molecule has 0 unspecified atom stereocenters. The van der Waals surface area contributed by atoms with Crippen LogP contribution >= 0.6 is 11.6 Å². The largest absolute Gasteiger partial charge is 0.385 e. The molecule has 0 aromatic heterocycles. The normalized spacial score (nSPS) is 18.7. The van der Waals surface area contributed by atoms with Crippen LogP contribution in [-0.2, 0) is 5.60 Å². The number of aliphatic hydroxyl groups is 1. The highest BCUT2D eigenvalue weighted by Gasteiger charge is 2.37. The van der Waals surface area contributed by atoms with Gasteiger partial charge in [-0.25, -0.2) is 0 Å². The molecule has 1 fully saturated rings. The number of aldehydes is 1. The van der Waals surface area contributed by atoms with E-state index in [1.165, 1.54) is 0 Å². The van der Waals surface area contributed by atoms with Crippen molar-refractivity contribution in [3.63, 3.8) is 0 Å². The molecule has 74 valence electrons. The fraction of sp³-hybridized carbons (Fsp3) is 0.364. The summed E-state index contributed by atoms with van der Waals surface area (Å²) in [6.45, 7) is 0. The van der Waals surface area contributed by atoms with Crippen molar-refractivity contribution >= 4 is 17.9 Å². The van der Waals surface area contributed by atoms with Crippen LogP contribution in [0.2, 0.25) is 5.02 Å². The zero-order valence-electron chi connectivity index (χ0n) is 7.66. The Morgan fingerprint density at radius 2 is 2.14 bits per heavy atom. The van der Waals surface area contributed by atoms with Crippen molar-refractivity contribution in [2.24, 2.45) is 0 Å². The molecule has 14 heavy (non-hydrogen) atoms. The molecular formula is C11H11ClO2. The van der Waals surface area contributed by atoms with Crippen LogP contribution in [0.15, 0.2) is 18.2 Å². The van der Waals surface area contributed by atoms with E-state index in [1.807, 2.05) is 0 Å². The monoisotopic (exact) mass is 210 g/mol. The third kappa shape index (κ3) is 1.45. The minimum atomic E-state index is -0.751. The van der Waals surface area contributed by atoms with Gasteiger partial charge in [0.05, 0.1) is 5.60 Å². The minimum absolute atomic E-state index is 0.483. The molecular weight excluding hydrogens is 200 g/mol. The van der Waals surface area contributed by atoms with E-state index in [0.717, 1.165) is 31.1 Å². The summed E-state index contributed by atoms with van der Waals surface area (Å²) in [6.07, 6.45) is 3.29. The van der Waals surface area contributed by atoms with Gasteiger partial charge in [0.15, 0.2) is 0 Å². The lowest BCUT2D eigenvalue weighted by Gasteiger charge is -2.37. The van der Waals surface area contributed by atoms with E-state index in [0.29, 0.717) is 10.6 Å². The SMILES string of the molecule is O=Cc1ccc(C2(O)CCC2)c(Cl)c1. The van der Waals surface area contributed by atoms with E-state index in [9.17, 15) is 9.90 Å². The molecule has 0 radical (unpaired) electrons. The molecule has 0 heterocycles. The van der Waals surface area contributed by atoms with Crippen LogP contribution in [-0.4, -0.2) is 11.4 Å². The Morgan fingerprint density at radius 3 is 2.57 bits per heavy atom. The molecule has 0 amide bonds. The standard InChI is InChI=1S/C11H11ClO2/c12-10-6-8(7-13)2-3-9(10)11(14)4-1-5-11/h2-3,6-7,14H,1,4-5H2. The highest BCUT2D eigenvalue weighted by Crippen LogP contribution is 2.43. The van der Waals surface area contributed by atoms with Crippen molar-refractivity contribution in [1.82, 2.24) is 0 Å². The summed E-state index contributed by atoms with van der Waals surface area (Å²) in [5.74, 6) is 0. The summed E-state index contributed by atoms with van der Waals surface area (Å²) in [5, 5.41) is 10.5. The molecule has 0 saturated heterocycles. The van der Waals surface area contributed by atoms with E-state index in [-0.39, 0.29) is 0 Å². The van der Waals surface area contributed by atoms with Crippen LogP contribution in [0.3, 0.4) is 0 Å². The molecule has 1 N–H and O–H groups in total. The van der Waals surface area contributed by atoms with Crippen molar-refractivity contribution in [3.8, 4) is 0 Å². The van der Waals surface area contributed by atoms with Gasteiger partial charge in [-0.3, -0.25) is 4.79 Å². The average Bonchev–Trinajstić information content (AvgIpc) is 2.14. The second-order valence-corrected chi connectivity index (χ2v) is 4.15. The molecule has 1 aromatic carbocycles. The fourth-order valence-corrected chi connectivity index (χ4v) is 2.13. The lowest BCUT2D eigenvalue weighted by molar-refractivity contribution is -0.0387. The van der Waals surface area contributed by atoms with Crippen LogP contribution in [0.4, 0.5) is 0 Å². The van der Waals surface area contributed by atoms with Crippen LogP contribution in [0.25, 0.3) is 0 Å². The minimum Gasteiger partial charge on any atom is -0.385 e. The van der Waals surface area contributed by atoms with Crippen molar-refractivity contribution in [2.45, 2.75) is 24.9 Å². The Kier molecular flexibility index (Phi) is 2.33. The molecule has 0 spiro atoms. The predicted octanol–water partition coefficient (Wildman–Crippen LogP) is 2.52. The van der Waals surface area contributed by atoms with Crippen molar-refractivity contribution in [2.75, 3.05) is 0 Å². The maximum Gasteiger partial charge on any atom is 0.150 e. The van der Waals surface area contributed by atoms with E-state index >= 15 is 0 Å². The molecule has 3 heteroatoms. The van der Waals surface area contributed by atoms with Crippen LogP contribution in [0.1, 0.15) is 35.2 Å².